The lowest BCUT2D eigenvalue weighted by molar-refractivity contribution is 0.111. The number of hydrogen-bond acceptors (Lipinski definition) is 5. The van der Waals surface area contributed by atoms with E-state index in [4.69, 9.17) is 5.73 Å². The molecule has 1 fully saturated rings. The molecule has 112 valence electrons. The summed E-state index contributed by atoms with van der Waals surface area (Å²) in [6.45, 7) is 0.925. The Morgan fingerprint density at radius 1 is 1.19 bits per heavy atom. The van der Waals surface area contributed by atoms with Crippen LogP contribution in [-0.2, 0) is 0 Å². The monoisotopic (exact) mass is 303 g/mol. The first-order valence-electron chi connectivity index (χ1n) is 7.46. The molecule has 1 aliphatic rings. The first kappa shape index (κ1) is 14.4. The van der Waals surface area contributed by atoms with Crippen LogP contribution in [0, 0.1) is 5.92 Å². The predicted octanol–water partition coefficient (Wildman–Crippen LogP) is 3.36. The zero-order valence-electron chi connectivity index (χ0n) is 12.0. The molecule has 5 heteroatoms. The molecule has 0 bridgehead atoms. The van der Waals surface area contributed by atoms with Gasteiger partial charge in [-0.15, -0.1) is 0 Å². The molecule has 0 atom stereocenters. The van der Waals surface area contributed by atoms with Crippen molar-refractivity contribution in [1.82, 2.24) is 4.37 Å². The predicted molar refractivity (Wildman–Crippen MR) is 88.4 cm³/mol. The fraction of sp³-hybridized carbons (Fsp3) is 0.438. The van der Waals surface area contributed by atoms with E-state index in [2.05, 4.69) is 21.8 Å². The van der Waals surface area contributed by atoms with Crippen LogP contribution in [0.15, 0.2) is 30.3 Å². The molecule has 21 heavy (non-hydrogen) atoms. The average Bonchev–Trinajstić information content (AvgIpc) is 2.88. The number of aliphatic hydroxyl groups excluding tert-OH is 1. The van der Waals surface area contributed by atoms with Gasteiger partial charge in [0.2, 0.25) is 0 Å². The number of anilines is 2. The van der Waals surface area contributed by atoms with Crippen LogP contribution in [0.2, 0.25) is 0 Å². The van der Waals surface area contributed by atoms with Crippen molar-refractivity contribution in [3.63, 3.8) is 0 Å². The fourth-order valence-corrected chi connectivity index (χ4v) is 3.64. The van der Waals surface area contributed by atoms with E-state index in [0.29, 0.717) is 11.7 Å². The standard InChI is InChI=1S/C16H21N3OS/c17-15-14(12-4-2-1-3-5-12)16(21-19-15)18-10-11-6-8-13(20)9-7-11/h1-5,11,13,18,20H,6-10H2,(H2,17,19). The van der Waals surface area contributed by atoms with Crippen molar-refractivity contribution in [2.24, 2.45) is 5.92 Å². The van der Waals surface area contributed by atoms with E-state index >= 15 is 0 Å². The lowest BCUT2D eigenvalue weighted by Crippen LogP contribution is -2.23. The SMILES string of the molecule is Nc1nsc(NCC2CCC(O)CC2)c1-c1ccccc1. The third kappa shape index (κ3) is 3.36. The molecule has 0 aliphatic heterocycles. The minimum Gasteiger partial charge on any atom is -0.393 e. The third-order valence-electron chi connectivity index (χ3n) is 4.15. The van der Waals surface area contributed by atoms with Crippen molar-refractivity contribution in [3.8, 4) is 11.1 Å². The van der Waals surface area contributed by atoms with Gasteiger partial charge in [-0.1, -0.05) is 30.3 Å². The summed E-state index contributed by atoms with van der Waals surface area (Å²) in [5.41, 5.74) is 8.14. The molecule has 0 amide bonds. The molecule has 1 heterocycles. The van der Waals surface area contributed by atoms with Gasteiger partial charge in [-0.2, -0.15) is 4.37 Å². The number of nitrogens with one attached hydrogen (secondary N) is 1. The average molecular weight is 303 g/mol. The second-order valence-electron chi connectivity index (χ2n) is 5.69. The lowest BCUT2D eigenvalue weighted by Gasteiger charge is -2.25. The summed E-state index contributed by atoms with van der Waals surface area (Å²) in [7, 11) is 0. The van der Waals surface area contributed by atoms with E-state index in [1.807, 2.05) is 18.2 Å². The van der Waals surface area contributed by atoms with Crippen LogP contribution in [0.1, 0.15) is 25.7 Å². The second kappa shape index (κ2) is 6.45. The topological polar surface area (TPSA) is 71.2 Å². The van der Waals surface area contributed by atoms with Crippen molar-refractivity contribution in [2.75, 3.05) is 17.6 Å². The molecular formula is C16H21N3OS. The van der Waals surface area contributed by atoms with Crippen molar-refractivity contribution >= 4 is 22.4 Å². The number of benzene rings is 1. The zero-order valence-corrected chi connectivity index (χ0v) is 12.8. The van der Waals surface area contributed by atoms with Crippen LogP contribution in [0.5, 0.6) is 0 Å². The summed E-state index contributed by atoms with van der Waals surface area (Å²) in [4.78, 5) is 0. The number of aliphatic hydroxyl groups is 1. The van der Waals surface area contributed by atoms with E-state index in [-0.39, 0.29) is 6.10 Å². The molecule has 0 radical (unpaired) electrons. The smallest absolute Gasteiger partial charge is 0.147 e. The van der Waals surface area contributed by atoms with Crippen LogP contribution >= 0.6 is 11.5 Å². The summed E-state index contributed by atoms with van der Waals surface area (Å²) in [5, 5.41) is 14.1. The molecule has 3 rings (SSSR count). The molecule has 1 aliphatic carbocycles. The normalized spacial score (nSPS) is 22.1. The number of nitrogens with two attached hydrogens (primary N) is 1. The molecule has 4 N–H and O–H groups in total. The highest BCUT2D eigenvalue weighted by atomic mass is 32.1. The van der Waals surface area contributed by atoms with Crippen LogP contribution < -0.4 is 11.1 Å². The van der Waals surface area contributed by atoms with Crippen LogP contribution in [0.3, 0.4) is 0 Å². The molecule has 1 aromatic heterocycles. The Labute approximate surface area is 129 Å². The van der Waals surface area contributed by atoms with E-state index in [1.54, 1.807) is 0 Å². The highest BCUT2D eigenvalue weighted by Crippen LogP contribution is 2.37. The lowest BCUT2D eigenvalue weighted by atomic mass is 9.87. The Kier molecular flexibility index (Phi) is 4.41. The van der Waals surface area contributed by atoms with Crippen LogP contribution in [0.25, 0.3) is 11.1 Å². The largest absolute Gasteiger partial charge is 0.393 e. The van der Waals surface area contributed by atoms with Crippen molar-refractivity contribution < 1.29 is 5.11 Å². The Morgan fingerprint density at radius 2 is 1.90 bits per heavy atom. The Hall–Kier alpha value is -1.59. The maximum absolute atomic E-state index is 9.56. The number of hydrogen-bond donors (Lipinski definition) is 3. The highest BCUT2D eigenvalue weighted by molar-refractivity contribution is 7.11. The molecular weight excluding hydrogens is 282 g/mol. The summed E-state index contributed by atoms with van der Waals surface area (Å²) >= 11 is 1.42. The van der Waals surface area contributed by atoms with E-state index in [9.17, 15) is 5.11 Å². The van der Waals surface area contributed by atoms with Gasteiger partial charge in [-0.3, -0.25) is 0 Å². The first-order chi connectivity index (χ1) is 10.2. The van der Waals surface area contributed by atoms with Gasteiger partial charge in [0.25, 0.3) is 0 Å². The summed E-state index contributed by atoms with van der Waals surface area (Å²) in [5.74, 6) is 1.22. The maximum atomic E-state index is 9.56. The first-order valence-corrected chi connectivity index (χ1v) is 8.24. The molecule has 1 saturated carbocycles. The summed E-state index contributed by atoms with van der Waals surface area (Å²) in [6.07, 6.45) is 3.91. The van der Waals surface area contributed by atoms with Gasteiger partial charge >= 0.3 is 0 Å². The second-order valence-corrected chi connectivity index (χ2v) is 6.47. The quantitative estimate of drug-likeness (QED) is 0.810. The number of nitrogens with zero attached hydrogens (tertiary/aromatic N) is 1. The molecule has 0 unspecified atom stereocenters. The minimum absolute atomic E-state index is 0.0971. The third-order valence-corrected chi connectivity index (χ3v) is 4.97. The van der Waals surface area contributed by atoms with Crippen LogP contribution in [-0.4, -0.2) is 22.1 Å². The van der Waals surface area contributed by atoms with Gasteiger partial charge in [0.05, 0.1) is 11.7 Å². The molecule has 0 saturated heterocycles. The maximum Gasteiger partial charge on any atom is 0.147 e. The summed E-state index contributed by atoms with van der Waals surface area (Å²) < 4.78 is 4.29. The van der Waals surface area contributed by atoms with Crippen molar-refractivity contribution in [1.29, 1.82) is 0 Å². The Bertz CT molecular complexity index is 576. The van der Waals surface area contributed by atoms with Gasteiger partial charge in [0.1, 0.15) is 10.8 Å². The number of nitrogen functional groups attached to an aromatic ring is 1. The van der Waals surface area contributed by atoms with Gasteiger partial charge in [-0.25, -0.2) is 0 Å². The molecule has 2 aromatic rings. The van der Waals surface area contributed by atoms with Gasteiger partial charge in [0, 0.05) is 6.54 Å². The molecule has 1 aromatic carbocycles. The van der Waals surface area contributed by atoms with Gasteiger partial charge < -0.3 is 16.2 Å². The number of rotatable bonds is 4. The van der Waals surface area contributed by atoms with Gasteiger partial charge in [0.15, 0.2) is 0 Å². The minimum atomic E-state index is -0.0971. The summed E-state index contributed by atoms with van der Waals surface area (Å²) in [6, 6.07) is 10.1. The van der Waals surface area contributed by atoms with Crippen molar-refractivity contribution in [3.05, 3.63) is 30.3 Å². The van der Waals surface area contributed by atoms with E-state index < -0.39 is 0 Å². The molecule has 4 nitrogen and oxygen atoms in total. The Balaban J connectivity index is 1.69. The Morgan fingerprint density at radius 3 is 2.62 bits per heavy atom. The van der Waals surface area contributed by atoms with Crippen LogP contribution in [0.4, 0.5) is 10.8 Å². The fourth-order valence-electron chi connectivity index (χ4n) is 2.89. The molecule has 0 spiro atoms. The number of aromatic nitrogens is 1. The van der Waals surface area contributed by atoms with Crippen molar-refractivity contribution in [2.45, 2.75) is 31.8 Å². The zero-order chi connectivity index (χ0) is 14.7. The van der Waals surface area contributed by atoms with E-state index in [1.165, 1.54) is 11.5 Å². The van der Waals surface area contributed by atoms with Gasteiger partial charge in [-0.05, 0) is 48.7 Å². The van der Waals surface area contributed by atoms with E-state index in [0.717, 1.165) is 48.4 Å². The highest BCUT2D eigenvalue weighted by Gasteiger charge is 2.20.